The van der Waals surface area contributed by atoms with Crippen molar-refractivity contribution in [2.24, 2.45) is 4.99 Å². The molecular formula is C18H20N2OSn. The zero-order chi connectivity index (χ0) is 15.3. The summed E-state index contributed by atoms with van der Waals surface area (Å²) in [6, 6.07) is 13.0. The molecule has 4 heteroatoms. The van der Waals surface area contributed by atoms with E-state index in [0.717, 1.165) is 35.7 Å². The molecule has 2 heterocycles. The van der Waals surface area contributed by atoms with Crippen LogP contribution in [0.4, 0.5) is 0 Å². The van der Waals surface area contributed by atoms with Gasteiger partial charge in [-0.15, -0.1) is 0 Å². The first-order chi connectivity index (χ1) is 10.5. The van der Waals surface area contributed by atoms with Crippen molar-refractivity contribution >= 4 is 49.7 Å². The van der Waals surface area contributed by atoms with Gasteiger partial charge in [-0.25, -0.2) is 0 Å². The van der Waals surface area contributed by atoms with Crippen LogP contribution in [0.15, 0.2) is 45.8 Å². The van der Waals surface area contributed by atoms with Gasteiger partial charge in [0.2, 0.25) is 0 Å². The first kappa shape index (κ1) is 14.1. The van der Waals surface area contributed by atoms with E-state index in [2.05, 4.69) is 49.4 Å². The van der Waals surface area contributed by atoms with Crippen LogP contribution in [0.3, 0.4) is 0 Å². The zero-order valence-corrected chi connectivity index (χ0v) is 16.1. The maximum absolute atomic E-state index is 6.17. The molecule has 22 heavy (non-hydrogen) atoms. The minimum absolute atomic E-state index is 0.847. The molecule has 2 aromatic carbocycles. The molecule has 0 fully saturated rings. The summed E-state index contributed by atoms with van der Waals surface area (Å²) in [5.41, 5.74) is 3.06. The van der Waals surface area contributed by atoms with Gasteiger partial charge < -0.3 is 0 Å². The van der Waals surface area contributed by atoms with Crippen LogP contribution in [0, 0.1) is 0 Å². The molecule has 3 nitrogen and oxygen atoms in total. The fraction of sp³-hybridized carbons (Fsp3) is 0.278. The number of hydrogen-bond donors (Lipinski definition) is 1. The van der Waals surface area contributed by atoms with E-state index in [9.17, 15) is 0 Å². The average Bonchev–Trinajstić information content (AvgIpc) is 3.12. The van der Waals surface area contributed by atoms with Gasteiger partial charge in [0.1, 0.15) is 0 Å². The second kappa shape index (κ2) is 5.01. The van der Waals surface area contributed by atoms with Crippen molar-refractivity contribution in [2.75, 3.05) is 13.1 Å². The summed E-state index contributed by atoms with van der Waals surface area (Å²) < 4.78 is 7.68. The number of furan rings is 1. The van der Waals surface area contributed by atoms with Crippen molar-refractivity contribution in [3.05, 3.63) is 42.0 Å². The predicted octanol–water partition coefficient (Wildman–Crippen LogP) is 3.48. The monoisotopic (exact) mass is 400 g/mol. The van der Waals surface area contributed by atoms with Crippen LogP contribution >= 0.6 is 0 Å². The Labute approximate surface area is 134 Å². The van der Waals surface area contributed by atoms with E-state index in [4.69, 9.17) is 4.42 Å². The van der Waals surface area contributed by atoms with E-state index in [-0.39, 0.29) is 0 Å². The second-order valence-corrected chi connectivity index (χ2v) is 21.4. The van der Waals surface area contributed by atoms with E-state index in [1.54, 1.807) is 0 Å². The van der Waals surface area contributed by atoms with Gasteiger partial charge in [-0.2, -0.15) is 0 Å². The number of hydrogen-bond acceptors (Lipinski definition) is 3. The summed E-state index contributed by atoms with van der Waals surface area (Å²) in [5, 5.41) is 5.83. The van der Waals surface area contributed by atoms with Crippen LogP contribution in [0.1, 0.15) is 5.56 Å². The molecule has 0 unspecified atom stereocenters. The van der Waals surface area contributed by atoms with Crippen molar-refractivity contribution in [1.29, 1.82) is 0 Å². The molecular weight excluding hydrogens is 379 g/mol. The van der Waals surface area contributed by atoms with Crippen LogP contribution in [0.5, 0.6) is 0 Å². The van der Waals surface area contributed by atoms with E-state index in [0.29, 0.717) is 0 Å². The number of nitrogens with one attached hydrogen (secondary N) is 1. The van der Waals surface area contributed by atoms with Crippen LogP contribution < -0.4 is 8.90 Å². The van der Waals surface area contributed by atoms with Crippen molar-refractivity contribution in [1.82, 2.24) is 5.32 Å². The van der Waals surface area contributed by atoms with Crippen molar-refractivity contribution in [3.8, 4) is 0 Å². The molecule has 0 atom stereocenters. The SMILES string of the molecule is [CH3][Sn]([CH3])([CH3])[c]1cc(C2=NCCN2)c2oc3ccccc3c2c1. The third-order valence-corrected chi connectivity index (χ3v) is 10.0. The fourth-order valence-electron chi connectivity index (χ4n) is 3.01. The first-order valence-electron chi connectivity index (χ1n) is 7.78. The predicted molar refractivity (Wildman–Crippen MR) is 96.1 cm³/mol. The first-order valence-corrected chi connectivity index (χ1v) is 17.8. The van der Waals surface area contributed by atoms with Gasteiger partial charge in [0.05, 0.1) is 0 Å². The quantitative estimate of drug-likeness (QED) is 0.671. The maximum atomic E-state index is 6.17. The summed E-state index contributed by atoms with van der Waals surface area (Å²) in [6.45, 7) is 1.76. The Morgan fingerprint density at radius 3 is 2.64 bits per heavy atom. The summed E-state index contributed by atoms with van der Waals surface area (Å²) in [5.74, 6) is 0.987. The second-order valence-electron chi connectivity index (χ2n) is 6.91. The van der Waals surface area contributed by atoms with Crippen molar-refractivity contribution < 1.29 is 4.42 Å². The molecule has 0 aliphatic carbocycles. The number of nitrogens with zero attached hydrogens (tertiary/aromatic N) is 1. The molecule has 0 amide bonds. The van der Waals surface area contributed by atoms with Crippen LogP contribution in [-0.4, -0.2) is 37.3 Å². The van der Waals surface area contributed by atoms with Gasteiger partial charge in [0.25, 0.3) is 0 Å². The van der Waals surface area contributed by atoms with E-state index >= 15 is 0 Å². The Morgan fingerprint density at radius 2 is 1.91 bits per heavy atom. The number of amidine groups is 1. The summed E-state index contributed by atoms with van der Waals surface area (Å²) in [4.78, 5) is 12.0. The molecule has 0 saturated heterocycles. The Hall–Kier alpha value is -1.49. The number of benzene rings is 2. The summed E-state index contributed by atoms with van der Waals surface area (Å²) in [6.07, 6.45) is 0. The van der Waals surface area contributed by atoms with Crippen LogP contribution in [0.25, 0.3) is 21.9 Å². The number of rotatable bonds is 2. The fourth-order valence-corrected chi connectivity index (χ4v) is 6.31. The zero-order valence-electron chi connectivity index (χ0n) is 13.2. The van der Waals surface area contributed by atoms with Crippen molar-refractivity contribution in [2.45, 2.75) is 14.8 Å². The molecule has 1 aliphatic rings. The third-order valence-electron chi connectivity index (χ3n) is 4.27. The van der Waals surface area contributed by atoms with Crippen LogP contribution in [0.2, 0.25) is 14.8 Å². The van der Waals surface area contributed by atoms with Gasteiger partial charge in [-0.1, -0.05) is 0 Å². The van der Waals surface area contributed by atoms with Crippen LogP contribution in [-0.2, 0) is 0 Å². The molecule has 1 aliphatic heterocycles. The average molecular weight is 399 g/mol. The van der Waals surface area contributed by atoms with Gasteiger partial charge >= 0.3 is 134 Å². The van der Waals surface area contributed by atoms with E-state index < -0.39 is 18.4 Å². The normalized spacial score (nSPS) is 15.3. The molecule has 3 aromatic rings. The van der Waals surface area contributed by atoms with Gasteiger partial charge in [0.15, 0.2) is 0 Å². The summed E-state index contributed by atoms with van der Waals surface area (Å²) >= 11 is -2.19. The van der Waals surface area contributed by atoms with Gasteiger partial charge in [-0.3, -0.25) is 0 Å². The molecule has 1 N–H and O–H groups in total. The molecule has 4 rings (SSSR count). The number of para-hydroxylation sites is 1. The third kappa shape index (κ3) is 2.22. The topological polar surface area (TPSA) is 37.5 Å². The Morgan fingerprint density at radius 1 is 1.09 bits per heavy atom. The molecule has 0 radical (unpaired) electrons. The Bertz CT molecular complexity index is 902. The standard InChI is InChI=1S/C15H11N2O.3CH3.Sn/c1-2-7-13-10(4-1)11-5-3-6-12(14(11)18-13)15-16-8-9-17-15;;;;/h1-2,4-7H,8-9H2,(H,16,17);3*1H3;. The molecule has 0 spiro atoms. The number of aliphatic imine (C=N–C) groups is 1. The Kier molecular flexibility index (Phi) is 3.22. The molecule has 0 bridgehead atoms. The van der Waals surface area contributed by atoms with E-state index in [1.807, 2.05) is 12.1 Å². The molecule has 112 valence electrons. The molecule has 1 aromatic heterocycles. The summed E-state index contributed by atoms with van der Waals surface area (Å²) in [7, 11) is 0. The minimum atomic E-state index is -2.19. The van der Waals surface area contributed by atoms with E-state index in [1.165, 1.54) is 14.4 Å². The van der Waals surface area contributed by atoms with Gasteiger partial charge in [0, 0.05) is 0 Å². The van der Waals surface area contributed by atoms with Crippen molar-refractivity contribution in [3.63, 3.8) is 0 Å². The Balaban J connectivity index is 2.11. The molecule has 0 saturated carbocycles. The number of fused-ring (bicyclic) bond motifs is 3. The van der Waals surface area contributed by atoms with Gasteiger partial charge in [-0.05, 0) is 0 Å².